The van der Waals surface area contributed by atoms with Crippen LogP contribution >= 0.6 is 0 Å². The van der Waals surface area contributed by atoms with Crippen LogP contribution in [-0.2, 0) is 6.54 Å². The minimum atomic E-state index is -0.404. The van der Waals surface area contributed by atoms with Crippen LogP contribution < -0.4 is 5.56 Å². The Morgan fingerprint density at radius 2 is 1.95 bits per heavy atom. The Morgan fingerprint density at radius 3 is 2.50 bits per heavy atom. The second-order valence-electron chi connectivity index (χ2n) is 4.37. The number of aliphatic hydroxyl groups excluding tert-OH is 2. The van der Waals surface area contributed by atoms with E-state index in [4.69, 9.17) is 10.2 Å². The highest BCUT2D eigenvalue weighted by atomic mass is 16.3. The lowest BCUT2D eigenvalue weighted by Gasteiger charge is -2.20. The van der Waals surface area contributed by atoms with E-state index in [-0.39, 0.29) is 37.6 Å². The number of aliphatic hydroxyl groups is 2. The predicted octanol–water partition coefficient (Wildman–Crippen LogP) is -0.530. The van der Waals surface area contributed by atoms with Crippen molar-refractivity contribution in [2.75, 3.05) is 26.3 Å². The van der Waals surface area contributed by atoms with Gasteiger partial charge in [0.1, 0.15) is 5.69 Å². The zero-order valence-corrected chi connectivity index (χ0v) is 11.7. The van der Waals surface area contributed by atoms with Gasteiger partial charge in [-0.25, -0.2) is 4.68 Å². The number of aryl methyl sites for hydroxylation is 1. The molecule has 0 fully saturated rings. The van der Waals surface area contributed by atoms with Crippen molar-refractivity contribution in [1.82, 2.24) is 14.7 Å². The van der Waals surface area contributed by atoms with Gasteiger partial charge in [0, 0.05) is 25.7 Å². The molecular formula is C13H21N3O4. The van der Waals surface area contributed by atoms with Crippen LogP contribution in [0.5, 0.6) is 0 Å². The molecule has 0 aliphatic carbocycles. The predicted molar refractivity (Wildman–Crippen MR) is 73.5 cm³/mol. The first-order valence-electron chi connectivity index (χ1n) is 6.73. The fraction of sp³-hybridized carbons (Fsp3) is 0.615. The van der Waals surface area contributed by atoms with E-state index in [1.807, 2.05) is 6.92 Å². The molecule has 0 unspecified atom stereocenters. The maximum Gasteiger partial charge on any atom is 0.274 e. The van der Waals surface area contributed by atoms with Gasteiger partial charge in [0.15, 0.2) is 0 Å². The normalized spacial score (nSPS) is 10.6. The lowest BCUT2D eigenvalue weighted by molar-refractivity contribution is 0.0676. The van der Waals surface area contributed by atoms with Gasteiger partial charge in [-0.15, -0.1) is 0 Å². The largest absolute Gasteiger partial charge is 0.395 e. The molecule has 7 nitrogen and oxygen atoms in total. The van der Waals surface area contributed by atoms with Gasteiger partial charge in [-0.1, -0.05) is 13.3 Å². The third-order valence-electron chi connectivity index (χ3n) is 2.84. The van der Waals surface area contributed by atoms with Crippen molar-refractivity contribution in [1.29, 1.82) is 0 Å². The van der Waals surface area contributed by atoms with Crippen LogP contribution in [0.1, 0.15) is 30.3 Å². The quantitative estimate of drug-likeness (QED) is 0.668. The maximum absolute atomic E-state index is 12.2. The third-order valence-corrected chi connectivity index (χ3v) is 2.84. The van der Waals surface area contributed by atoms with E-state index in [9.17, 15) is 9.59 Å². The average Bonchev–Trinajstić information content (AvgIpc) is 2.45. The molecule has 0 atom stereocenters. The first-order chi connectivity index (χ1) is 9.63. The minimum absolute atomic E-state index is 0.120. The van der Waals surface area contributed by atoms with Gasteiger partial charge in [0.25, 0.3) is 11.5 Å². The second kappa shape index (κ2) is 8.44. The molecule has 0 aliphatic rings. The van der Waals surface area contributed by atoms with Crippen molar-refractivity contribution in [3.05, 3.63) is 28.2 Å². The van der Waals surface area contributed by atoms with Gasteiger partial charge in [-0.05, 0) is 12.5 Å². The molecule has 1 heterocycles. The highest BCUT2D eigenvalue weighted by Crippen LogP contribution is 2.00. The molecule has 0 spiro atoms. The molecule has 0 bridgehead atoms. The van der Waals surface area contributed by atoms with Crippen LogP contribution in [0.4, 0.5) is 0 Å². The summed E-state index contributed by atoms with van der Waals surface area (Å²) in [7, 11) is 0. The van der Waals surface area contributed by atoms with Crippen molar-refractivity contribution in [2.24, 2.45) is 0 Å². The number of amides is 1. The van der Waals surface area contributed by atoms with E-state index >= 15 is 0 Å². The number of aromatic nitrogens is 2. The molecule has 0 aromatic carbocycles. The summed E-state index contributed by atoms with van der Waals surface area (Å²) in [4.78, 5) is 25.1. The minimum Gasteiger partial charge on any atom is -0.395 e. The molecule has 2 N–H and O–H groups in total. The van der Waals surface area contributed by atoms with Crippen LogP contribution in [0, 0.1) is 0 Å². The van der Waals surface area contributed by atoms with Gasteiger partial charge >= 0.3 is 0 Å². The van der Waals surface area contributed by atoms with Crippen LogP contribution in [0.25, 0.3) is 0 Å². The summed E-state index contributed by atoms with van der Waals surface area (Å²) in [5, 5.41) is 21.9. The SMILES string of the molecule is CCCCn1nc(C(=O)N(CCO)CCO)ccc1=O. The molecule has 0 radical (unpaired) electrons. The molecule has 1 aromatic heterocycles. The number of carbonyl (C=O) groups is 1. The van der Waals surface area contributed by atoms with E-state index < -0.39 is 5.91 Å². The number of hydrogen-bond donors (Lipinski definition) is 2. The zero-order chi connectivity index (χ0) is 15.0. The summed E-state index contributed by atoms with van der Waals surface area (Å²) in [5.74, 6) is -0.404. The van der Waals surface area contributed by atoms with Crippen LogP contribution in [0.15, 0.2) is 16.9 Å². The Balaban J connectivity index is 2.93. The average molecular weight is 283 g/mol. The number of nitrogens with zero attached hydrogens (tertiary/aromatic N) is 3. The van der Waals surface area contributed by atoms with Crippen molar-refractivity contribution in [3.63, 3.8) is 0 Å². The van der Waals surface area contributed by atoms with Gasteiger partial charge in [0.05, 0.1) is 13.2 Å². The lowest BCUT2D eigenvalue weighted by Crippen LogP contribution is -2.37. The molecule has 20 heavy (non-hydrogen) atoms. The standard InChI is InChI=1S/C13H21N3O4/c1-2-3-6-16-12(19)5-4-11(14-16)13(20)15(7-9-17)8-10-18/h4-5,17-18H,2-3,6-10H2,1H3. The van der Waals surface area contributed by atoms with Crippen molar-refractivity contribution < 1.29 is 15.0 Å². The summed E-state index contributed by atoms with van der Waals surface area (Å²) in [5.41, 5.74) is -0.103. The number of unbranched alkanes of at least 4 members (excludes halogenated alkanes) is 1. The van der Waals surface area contributed by atoms with E-state index in [0.29, 0.717) is 6.54 Å². The highest BCUT2D eigenvalue weighted by molar-refractivity contribution is 5.92. The molecule has 0 saturated heterocycles. The summed E-state index contributed by atoms with van der Waals surface area (Å²) in [6, 6.07) is 2.68. The fourth-order valence-electron chi connectivity index (χ4n) is 1.75. The summed E-state index contributed by atoms with van der Waals surface area (Å²) < 4.78 is 1.27. The Hall–Kier alpha value is -1.73. The first kappa shape index (κ1) is 16.3. The summed E-state index contributed by atoms with van der Waals surface area (Å²) in [6.07, 6.45) is 1.73. The molecule has 0 aliphatic heterocycles. The van der Waals surface area contributed by atoms with Crippen LogP contribution in [0.2, 0.25) is 0 Å². The van der Waals surface area contributed by atoms with Gasteiger partial charge in [0.2, 0.25) is 0 Å². The Labute approximate surface area is 117 Å². The van der Waals surface area contributed by atoms with Crippen molar-refractivity contribution >= 4 is 5.91 Å². The molecule has 1 rings (SSSR count). The molecule has 7 heteroatoms. The molecule has 112 valence electrons. The van der Waals surface area contributed by atoms with E-state index in [1.54, 1.807) is 0 Å². The topological polar surface area (TPSA) is 95.7 Å². The number of rotatable bonds is 8. The molecule has 1 amide bonds. The van der Waals surface area contributed by atoms with Crippen LogP contribution in [0.3, 0.4) is 0 Å². The highest BCUT2D eigenvalue weighted by Gasteiger charge is 2.17. The van der Waals surface area contributed by atoms with Crippen LogP contribution in [-0.4, -0.2) is 57.1 Å². The zero-order valence-electron chi connectivity index (χ0n) is 11.7. The monoisotopic (exact) mass is 283 g/mol. The second-order valence-corrected chi connectivity index (χ2v) is 4.37. The molecule has 1 aromatic rings. The third kappa shape index (κ3) is 4.43. The summed E-state index contributed by atoms with van der Waals surface area (Å²) in [6.45, 7) is 2.33. The van der Waals surface area contributed by atoms with E-state index in [0.717, 1.165) is 12.8 Å². The summed E-state index contributed by atoms with van der Waals surface area (Å²) >= 11 is 0. The van der Waals surface area contributed by atoms with E-state index in [1.165, 1.54) is 21.7 Å². The van der Waals surface area contributed by atoms with Crippen molar-refractivity contribution in [3.8, 4) is 0 Å². The van der Waals surface area contributed by atoms with Gasteiger partial charge in [-0.2, -0.15) is 5.10 Å². The Morgan fingerprint density at radius 1 is 1.30 bits per heavy atom. The Bertz CT molecular complexity index is 481. The molecule has 0 saturated carbocycles. The van der Waals surface area contributed by atoms with Crippen molar-refractivity contribution in [2.45, 2.75) is 26.3 Å². The smallest absolute Gasteiger partial charge is 0.274 e. The first-order valence-corrected chi connectivity index (χ1v) is 6.73. The Kier molecular flexibility index (Phi) is 6.89. The molecular weight excluding hydrogens is 262 g/mol. The number of hydrogen-bond acceptors (Lipinski definition) is 5. The fourth-order valence-corrected chi connectivity index (χ4v) is 1.75. The van der Waals surface area contributed by atoms with Gasteiger partial charge in [-0.3, -0.25) is 9.59 Å². The van der Waals surface area contributed by atoms with E-state index in [2.05, 4.69) is 5.10 Å². The lowest BCUT2D eigenvalue weighted by atomic mass is 10.3. The maximum atomic E-state index is 12.2. The van der Waals surface area contributed by atoms with Gasteiger partial charge < -0.3 is 15.1 Å². The number of carbonyl (C=O) groups excluding carboxylic acids is 1.